The Morgan fingerprint density at radius 3 is 2.43 bits per heavy atom. The van der Waals surface area contributed by atoms with E-state index < -0.39 is 6.43 Å². The normalized spacial score (nSPS) is 16.3. The van der Waals surface area contributed by atoms with E-state index in [1.165, 1.54) is 12.8 Å². The van der Waals surface area contributed by atoms with Crippen LogP contribution in [0.25, 0.3) is 0 Å². The number of nitriles is 1. The molecule has 1 atom stereocenters. The Morgan fingerprint density at radius 1 is 1.14 bits per heavy atom. The molecule has 0 saturated heterocycles. The van der Waals surface area contributed by atoms with Crippen molar-refractivity contribution in [1.29, 1.82) is 5.26 Å². The molecule has 1 heterocycles. The van der Waals surface area contributed by atoms with Crippen LogP contribution < -0.4 is 15.8 Å². The lowest BCUT2D eigenvalue weighted by Gasteiger charge is -2.32. The van der Waals surface area contributed by atoms with E-state index in [9.17, 15) is 14.0 Å². The van der Waals surface area contributed by atoms with Gasteiger partial charge in [-0.1, -0.05) is 25.0 Å². The maximum absolute atomic E-state index is 13.1. The highest BCUT2D eigenvalue weighted by Crippen LogP contribution is 2.34. The molecule has 2 N–H and O–H groups in total. The van der Waals surface area contributed by atoms with E-state index in [1.807, 2.05) is 12.1 Å². The Hall–Kier alpha value is -3.23. The fourth-order valence-electron chi connectivity index (χ4n) is 4.61. The Kier molecular flexibility index (Phi) is 9.81. The molecule has 2 fully saturated rings. The van der Waals surface area contributed by atoms with Crippen LogP contribution in [-0.2, 0) is 19.4 Å². The summed E-state index contributed by atoms with van der Waals surface area (Å²) in [6.07, 6.45) is 16.0. The quantitative estimate of drug-likeness (QED) is 0.337. The molecular formula is C27H34F2N6. The Morgan fingerprint density at radius 2 is 1.83 bits per heavy atom. The van der Waals surface area contributed by atoms with Crippen molar-refractivity contribution < 1.29 is 8.78 Å². The van der Waals surface area contributed by atoms with Crippen molar-refractivity contribution in [1.82, 2.24) is 15.4 Å². The average Bonchev–Trinajstić information content (AvgIpc) is 3.58. The minimum Gasteiger partial charge on any atom is -0.361 e. The average molecular weight is 481 g/mol. The number of benzene rings is 1. The topological polar surface area (TPSA) is 76.9 Å². The van der Waals surface area contributed by atoms with Gasteiger partial charge < -0.3 is 10.3 Å². The highest BCUT2D eigenvalue weighted by molar-refractivity contribution is 5.57. The first-order valence-electron chi connectivity index (χ1n) is 12.2. The maximum atomic E-state index is 13.1. The van der Waals surface area contributed by atoms with Gasteiger partial charge >= 0.3 is 0 Å². The van der Waals surface area contributed by atoms with Crippen LogP contribution in [0.5, 0.6) is 0 Å². The molecule has 0 aliphatic heterocycles. The molecule has 0 unspecified atom stereocenters. The number of hydrogen-bond acceptors (Lipinski definition) is 6. The Bertz CT molecular complexity index is 991. The first kappa shape index (κ1) is 26.4. The van der Waals surface area contributed by atoms with E-state index in [4.69, 9.17) is 0 Å². The number of hydrogen-bond donors (Lipinski definition) is 2. The summed E-state index contributed by atoms with van der Waals surface area (Å²) < 4.78 is 26.1. The van der Waals surface area contributed by atoms with E-state index >= 15 is 0 Å². The molecule has 2 aliphatic rings. The van der Waals surface area contributed by atoms with Gasteiger partial charge in [-0.2, -0.15) is 5.26 Å². The van der Waals surface area contributed by atoms with Gasteiger partial charge in [0, 0.05) is 24.2 Å². The van der Waals surface area contributed by atoms with Gasteiger partial charge in [-0.25, -0.2) is 24.2 Å². The molecule has 2 aliphatic carbocycles. The molecule has 2 saturated carbocycles. The Balaban J connectivity index is 0.00000167. The Labute approximate surface area is 207 Å². The monoisotopic (exact) mass is 480 g/mol. The molecule has 2 aromatic rings. The van der Waals surface area contributed by atoms with Crippen LogP contribution in [0, 0.1) is 30.1 Å². The third kappa shape index (κ3) is 7.63. The molecule has 35 heavy (non-hydrogen) atoms. The highest BCUT2D eigenvalue weighted by Gasteiger charge is 2.28. The molecule has 0 radical (unpaired) electrons. The van der Waals surface area contributed by atoms with Crippen LogP contribution in [0.1, 0.15) is 62.4 Å². The van der Waals surface area contributed by atoms with Gasteiger partial charge in [0.05, 0.1) is 37.1 Å². The van der Waals surface area contributed by atoms with Gasteiger partial charge in [-0.05, 0) is 55.7 Å². The van der Waals surface area contributed by atoms with Crippen molar-refractivity contribution in [3.8, 4) is 18.9 Å². The maximum Gasteiger partial charge on any atom is 0.242 e. The summed E-state index contributed by atoms with van der Waals surface area (Å²) in [5.41, 5.74) is 9.60. The number of nitrogens with one attached hydrogen (secondary N) is 2. The van der Waals surface area contributed by atoms with Crippen molar-refractivity contribution in [3.63, 3.8) is 0 Å². The number of anilines is 2. The SMILES string of the molecule is C#C.C[C@H](NNc1cnc(CN(c2cc(CC(F)F)ccc2CC#N)C2CCCC2)nc1)C1CC1. The number of rotatable bonds is 11. The summed E-state index contributed by atoms with van der Waals surface area (Å²) in [7, 11) is 0. The smallest absolute Gasteiger partial charge is 0.242 e. The molecule has 8 heteroatoms. The van der Waals surface area contributed by atoms with Crippen molar-refractivity contribution in [2.75, 3.05) is 10.3 Å². The predicted octanol–water partition coefficient (Wildman–Crippen LogP) is 5.26. The second-order valence-electron chi connectivity index (χ2n) is 9.24. The standard InChI is InChI=1S/C25H32F2N6.C2H2/c1-17(19-8-9-19)31-32-21-14-29-25(30-15-21)16-33(22-4-2-3-5-22)23-12-18(13-24(26)27)6-7-20(23)10-11-28;1-2/h6-7,12,14-15,17,19,22,24,31-32H,2-5,8-10,13,16H2,1H3;1-2H/t17-;/m0./s1. The molecule has 6 nitrogen and oxygen atoms in total. The minimum atomic E-state index is -2.40. The van der Waals surface area contributed by atoms with Crippen molar-refractivity contribution in [3.05, 3.63) is 47.5 Å². The van der Waals surface area contributed by atoms with Gasteiger partial charge in [-0.3, -0.25) is 0 Å². The second kappa shape index (κ2) is 13.0. The third-order valence-corrected chi connectivity index (χ3v) is 6.67. The molecule has 1 aromatic heterocycles. The van der Waals surface area contributed by atoms with E-state index in [-0.39, 0.29) is 18.9 Å². The molecule has 0 bridgehead atoms. The first-order valence-corrected chi connectivity index (χ1v) is 12.2. The molecule has 186 valence electrons. The van der Waals surface area contributed by atoms with Gasteiger partial charge in [0.1, 0.15) is 5.82 Å². The molecule has 4 rings (SSSR count). The molecule has 0 amide bonds. The zero-order valence-corrected chi connectivity index (χ0v) is 20.3. The fourth-order valence-corrected chi connectivity index (χ4v) is 4.61. The van der Waals surface area contributed by atoms with Crippen molar-refractivity contribution >= 4 is 11.4 Å². The van der Waals surface area contributed by atoms with E-state index in [2.05, 4.69) is 51.6 Å². The zero-order chi connectivity index (χ0) is 25.2. The van der Waals surface area contributed by atoms with Crippen molar-refractivity contribution in [2.45, 2.75) is 83.3 Å². The van der Waals surface area contributed by atoms with Crippen LogP contribution >= 0.6 is 0 Å². The van der Waals surface area contributed by atoms with E-state index in [1.54, 1.807) is 18.5 Å². The van der Waals surface area contributed by atoms with Crippen molar-refractivity contribution in [2.24, 2.45) is 5.92 Å². The molecule has 1 aromatic carbocycles. The van der Waals surface area contributed by atoms with Crippen LogP contribution in [0.4, 0.5) is 20.2 Å². The third-order valence-electron chi connectivity index (χ3n) is 6.67. The summed E-state index contributed by atoms with van der Waals surface area (Å²) in [5.74, 6) is 1.41. The molecule has 0 spiro atoms. The zero-order valence-electron chi connectivity index (χ0n) is 20.3. The highest BCUT2D eigenvalue weighted by atomic mass is 19.3. The van der Waals surface area contributed by atoms with Gasteiger partial charge in [0.2, 0.25) is 6.43 Å². The lowest BCUT2D eigenvalue weighted by atomic mass is 10.0. The summed E-state index contributed by atoms with van der Waals surface area (Å²) >= 11 is 0. The predicted molar refractivity (Wildman–Crippen MR) is 135 cm³/mol. The van der Waals surface area contributed by atoms with Crippen LogP contribution in [-0.4, -0.2) is 28.5 Å². The summed E-state index contributed by atoms with van der Waals surface area (Å²) in [5, 5.41) is 9.33. The van der Waals surface area contributed by atoms with E-state index in [0.717, 1.165) is 48.5 Å². The number of aromatic nitrogens is 2. The number of halogens is 2. The molecular weight excluding hydrogens is 446 g/mol. The van der Waals surface area contributed by atoms with Gasteiger partial charge in [0.25, 0.3) is 0 Å². The lowest BCUT2D eigenvalue weighted by Crippen LogP contribution is -2.34. The largest absolute Gasteiger partial charge is 0.361 e. The summed E-state index contributed by atoms with van der Waals surface area (Å²) in [6.45, 7) is 2.65. The summed E-state index contributed by atoms with van der Waals surface area (Å²) in [4.78, 5) is 11.3. The lowest BCUT2D eigenvalue weighted by molar-refractivity contribution is 0.149. The number of hydrazine groups is 1. The van der Waals surface area contributed by atoms with Gasteiger partial charge in [-0.15, -0.1) is 12.8 Å². The first-order chi connectivity index (χ1) is 17.0. The number of nitrogens with zero attached hydrogens (tertiary/aromatic N) is 4. The second-order valence-corrected chi connectivity index (χ2v) is 9.24. The van der Waals surface area contributed by atoms with Gasteiger partial charge in [0.15, 0.2) is 0 Å². The fraction of sp³-hybridized carbons (Fsp3) is 0.519. The number of terminal acetylenes is 1. The van der Waals surface area contributed by atoms with Crippen LogP contribution in [0.3, 0.4) is 0 Å². The van der Waals surface area contributed by atoms with Crippen LogP contribution in [0.2, 0.25) is 0 Å². The summed E-state index contributed by atoms with van der Waals surface area (Å²) in [6, 6.07) is 8.26. The van der Waals surface area contributed by atoms with Crippen LogP contribution in [0.15, 0.2) is 30.6 Å². The number of alkyl halides is 2. The minimum absolute atomic E-state index is 0.238. The van der Waals surface area contributed by atoms with E-state index in [0.29, 0.717) is 24.0 Å².